The van der Waals surface area contributed by atoms with E-state index in [1.54, 1.807) is 4.31 Å². The maximum absolute atomic E-state index is 11.7. The summed E-state index contributed by atoms with van der Waals surface area (Å²) in [7, 11) is -3.12. The molecule has 0 bridgehead atoms. The fraction of sp³-hybridized carbons (Fsp3) is 0.667. The van der Waals surface area contributed by atoms with Crippen molar-refractivity contribution in [2.75, 3.05) is 55.7 Å². The van der Waals surface area contributed by atoms with Crippen LogP contribution in [0.15, 0.2) is 18.5 Å². The van der Waals surface area contributed by atoms with Crippen LogP contribution in [0.2, 0.25) is 0 Å². The van der Waals surface area contributed by atoms with Crippen LogP contribution in [-0.4, -0.2) is 90.2 Å². The van der Waals surface area contributed by atoms with E-state index in [9.17, 15) is 8.42 Å². The maximum atomic E-state index is 11.7. The van der Waals surface area contributed by atoms with Gasteiger partial charge in [-0.15, -0.1) is 0 Å². The summed E-state index contributed by atoms with van der Waals surface area (Å²) in [5.41, 5.74) is 1.34. The van der Waals surface area contributed by atoms with Crippen molar-refractivity contribution in [3.63, 3.8) is 0 Å². The number of pyridine rings is 1. The van der Waals surface area contributed by atoms with Gasteiger partial charge in [0.25, 0.3) is 0 Å². The number of nitrogens with zero attached hydrogens (tertiary/aromatic N) is 6. The van der Waals surface area contributed by atoms with Crippen LogP contribution in [0, 0.1) is 5.41 Å². The van der Waals surface area contributed by atoms with Crippen LogP contribution in [0.3, 0.4) is 0 Å². The van der Waals surface area contributed by atoms with Crippen molar-refractivity contribution in [1.82, 2.24) is 24.2 Å². The lowest BCUT2D eigenvalue weighted by atomic mass is 9.72. The third-order valence-corrected chi connectivity index (χ3v) is 8.53. The Hall–Kier alpha value is -2.04. The smallest absolute Gasteiger partial charge is 0.223 e. The number of sulfonamides is 1. The largest absolute Gasteiger partial charge is 0.353 e. The summed E-state index contributed by atoms with van der Waals surface area (Å²) in [5.74, 6) is 1.55. The number of fused-ring (bicyclic) bond motifs is 1. The Morgan fingerprint density at radius 3 is 2.48 bits per heavy atom. The monoisotopic (exact) mass is 443 g/mol. The van der Waals surface area contributed by atoms with E-state index in [1.165, 1.54) is 32.2 Å². The average Bonchev–Trinajstić information content (AvgIpc) is 3.51. The molecule has 5 heterocycles. The van der Waals surface area contributed by atoms with Crippen molar-refractivity contribution in [3.05, 3.63) is 18.5 Å². The number of hydrogen-bond donors (Lipinski definition) is 1. The molecule has 2 aromatic rings. The predicted molar refractivity (Wildman–Crippen MR) is 120 cm³/mol. The highest BCUT2D eigenvalue weighted by atomic mass is 32.2. The zero-order chi connectivity index (χ0) is 21.2. The lowest BCUT2D eigenvalue weighted by molar-refractivity contribution is -0.0277. The molecule has 0 unspecified atom stereocenters. The molecule has 31 heavy (non-hydrogen) atoms. The van der Waals surface area contributed by atoms with Gasteiger partial charge in [0.1, 0.15) is 5.52 Å². The molecule has 166 valence electrons. The number of anilines is 2. The first kappa shape index (κ1) is 19.6. The van der Waals surface area contributed by atoms with Crippen LogP contribution in [-0.2, 0) is 10.0 Å². The van der Waals surface area contributed by atoms with E-state index in [2.05, 4.69) is 25.1 Å². The Bertz CT molecular complexity index is 1100. The second-order valence-electron chi connectivity index (χ2n) is 9.84. The zero-order valence-corrected chi connectivity index (χ0v) is 18.7. The fourth-order valence-electron chi connectivity index (χ4n) is 5.38. The predicted octanol–water partition coefficient (Wildman–Crippen LogP) is 1.15. The van der Waals surface area contributed by atoms with Gasteiger partial charge < -0.3 is 10.2 Å². The van der Waals surface area contributed by atoms with Crippen molar-refractivity contribution >= 4 is 32.7 Å². The number of rotatable bonds is 5. The molecule has 4 aliphatic rings. The maximum Gasteiger partial charge on any atom is 0.223 e. The first-order chi connectivity index (χ1) is 14.9. The Morgan fingerprint density at radius 2 is 1.81 bits per heavy atom. The van der Waals surface area contributed by atoms with Crippen molar-refractivity contribution in [2.45, 2.75) is 37.8 Å². The summed E-state index contributed by atoms with van der Waals surface area (Å²) in [6.07, 6.45) is 9.23. The lowest BCUT2D eigenvalue weighted by Crippen LogP contribution is -2.72. The molecule has 1 aliphatic carbocycles. The van der Waals surface area contributed by atoms with E-state index in [0.717, 1.165) is 48.7 Å². The number of likely N-dealkylation sites (tertiary alicyclic amines) is 1. The van der Waals surface area contributed by atoms with Crippen LogP contribution >= 0.6 is 0 Å². The third-order valence-electron chi connectivity index (χ3n) is 7.23. The summed E-state index contributed by atoms with van der Waals surface area (Å²) in [6.45, 7) is 5.63. The molecule has 0 aromatic carbocycles. The van der Waals surface area contributed by atoms with Gasteiger partial charge >= 0.3 is 0 Å². The highest BCUT2D eigenvalue weighted by Gasteiger charge is 2.55. The molecule has 4 fully saturated rings. The van der Waals surface area contributed by atoms with E-state index in [-0.39, 0.29) is 6.04 Å². The molecule has 10 heteroatoms. The molecule has 9 nitrogen and oxygen atoms in total. The Kier molecular flexibility index (Phi) is 4.42. The van der Waals surface area contributed by atoms with Gasteiger partial charge in [-0.1, -0.05) is 0 Å². The lowest BCUT2D eigenvalue weighted by Gasteiger charge is -2.61. The summed E-state index contributed by atoms with van der Waals surface area (Å²) in [5, 5.41) is 4.41. The van der Waals surface area contributed by atoms with Crippen molar-refractivity contribution in [3.8, 4) is 0 Å². The van der Waals surface area contributed by atoms with Gasteiger partial charge in [-0.3, -0.25) is 4.90 Å². The molecule has 0 amide bonds. The number of aromatic nitrogens is 3. The summed E-state index contributed by atoms with van der Waals surface area (Å²) in [4.78, 5) is 19.0. The molecule has 3 aliphatic heterocycles. The van der Waals surface area contributed by atoms with Gasteiger partial charge in [0.2, 0.25) is 16.0 Å². The molecular formula is C21H29N7O2S. The Labute approximate surface area is 182 Å². The highest BCUT2D eigenvalue weighted by molar-refractivity contribution is 7.88. The first-order valence-electron chi connectivity index (χ1n) is 11.2. The molecule has 6 rings (SSSR count). The molecule has 0 radical (unpaired) electrons. The number of piperidine rings is 1. The van der Waals surface area contributed by atoms with E-state index in [1.807, 2.05) is 18.5 Å². The first-order valence-corrected chi connectivity index (χ1v) is 13.1. The second-order valence-corrected chi connectivity index (χ2v) is 11.8. The summed E-state index contributed by atoms with van der Waals surface area (Å²) in [6, 6.07) is 2.99. The quantitative estimate of drug-likeness (QED) is 0.735. The van der Waals surface area contributed by atoms with E-state index >= 15 is 0 Å². The van der Waals surface area contributed by atoms with Crippen LogP contribution in [0.25, 0.3) is 10.9 Å². The molecule has 1 spiro atoms. The minimum absolute atomic E-state index is 0.172. The van der Waals surface area contributed by atoms with E-state index < -0.39 is 10.0 Å². The van der Waals surface area contributed by atoms with Crippen LogP contribution in [0.5, 0.6) is 0 Å². The van der Waals surface area contributed by atoms with Gasteiger partial charge in [0.05, 0.1) is 6.26 Å². The molecule has 1 saturated carbocycles. The standard InChI is InChI=1S/C21H29N7O2S/c1-31(29,30)28-8-5-16(6-9-28)24-20-23-10-15-4-7-22-19(18(15)25-20)27-13-21(14-27)11-26(12-21)17-2-3-17/h4,7,10,16-17H,2-3,5-6,8-9,11-14H2,1H3,(H,23,24,25). The van der Waals surface area contributed by atoms with Gasteiger partial charge in [0.15, 0.2) is 5.82 Å². The zero-order valence-electron chi connectivity index (χ0n) is 17.9. The average molecular weight is 444 g/mol. The van der Waals surface area contributed by atoms with Crippen molar-refractivity contribution in [2.24, 2.45) is 5.41 Å². The second kappa shape index (κ2) is 6.98. The molecule has 3 saturated heterocycles. The van der Waals surface area contributed by atoms with Crippen LogP contribution in [0.1, 0.15) is 25.7 Å². The Balaban J connectivity index is 1.14. The number of nitrogens with one attached hydrogen (secondary N) is 1. The van der Waals surface area contributed by atoms with Crippen LogP contribution in [0.4, 0.5) is 11.8 Å². The van der Waals surface area contributed by atoms with Crippen molar-refractivity contribution in [1.29, 1.82) is 0 Å². The minimum Gasteiger partial charge on any atom is -0.353 e. The number of hydrogen-bond acceptors (Lipinski definition) is 8. The summed E-state index contributed by atoms with van der Waals surface area (Å²) >= 11 is 0. The van der Waals surface area contributed by atoms with Gasteiger partial charge in [-0.05, 0) is 31.7 Å². The highest BCUT2D eigenvalue weighted by Crippen LogP contribution is 2.46. The minimum atomic E-state index is -3.12. The van der Waals surface area contributed by atoms with E-state index in [0.29, 0.717) is 24.5 Å². The van der Waals surface area contributed by atoms with Crippen molar-refractivity contribution < 1.29 is 8.42 Å². The van der Waals surface area contributed by atoms with Crippen LogP contribution < -0.4 is 10.2 Å². The Morgan fingerprint density at radius 1 is 1.06 bits per heavy atom. The molecule has 2 aromatic heterocycles. The fourth-order valence-corrected chi connectivity index (χ4v) is 6.26. The van der Waals surface area contributed by atoms with Gasteiger partial charge in [-0.2, -0.15) is 0 Å². The molecular weight excluding hydrogens is 414 g/mol. The topological polar surface area (TPSA) is 94.6 Å². The normalized spacial score (nSPS) is 24.9. The molecule has 0 atom stereocenters. The SMILES string of the molecule is CS(=O)(=O)N1CCC(Nc2ncc3ccnc(N4CC5(C4)CN(C4CC4)C5)c3n2)CC1. The van der Waals surface area contributed by atoms with Gasteiger partial charge in [-0.25, -0.2) is 27.7 Å². The summed E-state index contributed by atoms with van der Waals surface area (Å²) < 4.78 is 25.0. The van der Waals surface area contributed by atoms with E-state index in [4.69, 9.17) is 4.98 Å². The van der Waals surface area contributed by atoms with Gasteiger partial charge in [0, 0.05) is 74.5 Å². The third kappa shape index (κ3) is 3.64. The molecule has 1 N–H and O–H groups in total.